The van der Waals surface area contributed by atoms with Crippen LogP contribution in [-0.2, 0) is 9.59 Å². The molecule has 6 heteroatoms. The Balaban J connectivity index is 1.66. The molecule has 3 rings (SSSR count). The quantitative estimate of drug-likeness (QED) is 0.748. The Morgan fingerprint density at radius 3 is 2.43 bits per heavy atom. The van der Waals surface area contributed by atoms with E-state index in [4.69, 9.17) is 5.73 Å². The van der Waals surface area contributed by atoms with Gasteiger partial charge in [0.2, 0.25) is 11.8 Å². The lowest BCUT2D eigenvalue weighted by atomic mass is 9.86. The van der Waals surface area contributed by atoms with Gasteiger partial charge >= 0.3 is 0 Å². The molecule has 0 spiro atoms. The van der Waals surface area contributed by atoms with E-state index in [1.807, 2.05) is 27.7 Å². The highest BCUT2D eigenvalue weighted by Crippen LogP contribution is 2.30. The van der Waals surface area contributed by atoms with Crippen molar-refractivity contribution in [3.05, 3.63) is 46.8 Å². The molecule has 1 aliphatic heterocycles. The van der Waals surface area contributed by atoms with Gasteiger partial charge in [0.05, 0.1) is 12.1 Å². The van der Waals surface area contributed by atoms with Gasteiger partial charge in [-0.2, -0.15) is 0 Å². The number of nitrogens with one attached hydrogen (secondary N) is 1. The second kappa shape index (κ2) is 8.90. The van der Waals surface area contributed by atoms with Gasteiger partial charge in [-0.3, -0.25) is 9.59 Å². The highest BCUT2D eigenvalue weighted by Gasteiger charge is 2.39. The largest absolute Gasteiger partial charge is 0.348 e. The van der Waals surface area contributed by atoms with Crippen molar-refractivity contribution in [2.45, 2.75) is 65.6 Å². The molecular formula is C24H33N3O2S. The van der Waals surface area contributed by atoms with Crippen molar-refractivity contribution in [3.63, 3.8) is 0 Å². The number of hydrogen-bond acceptors (Lipinski definition) is 4. The molecule has 1 fully saturated rings. The van der Waals surface area contributed by atoms with Crippen molar-refractivity contribution < 1.29 is 9.59 Å². The lowest BCUT2D eigenvalue weighted by Crippen LogP contribution is -2.55. The minimum Gasteiger partial charge on any atom is -0.348 e. The molecule has 2 amide bonds. The average Bonchev–Trinajstić information content (AvgIpc) is 3.35. The SMILES string of the molecule is Cc1ccsc1-c1ccc([C@H](C)NC(=O)[C@@H]2CCCN2C(=O)[C@@H](N)C(C)(C)C)cc1. The second-order valence-corrected chi connectivity index (χ2v) is 10.2. The van der Waals surface area contributed by atoms with Gasteiger partial charge in [0.15, 0.2) is 0 Å². The van der Waals surface area contributed by atoms with E-state index < -0.39 is 12.1 Å². The van der Waals surface area contributed by atoms with Crippen LogP contribution in [0.25, 0.3) is 10.4 Å². The van der Waals surface area contributed by atoms with Gasteiger partial charge in [-0.25, -0.2) is 0 Å². The van der Waals surface area contributed by atoms with Crippen LogP contribution in [0.1, 0.15) is 57.7 Å². The summed E-state index contributed by atoms with van der Waals surface area (Å²) in [6, 6.07) is 9.26. The molecule has 0 radical (unpaired) electrons. The number of carbonyl (C=O) groups is 2. The van der Waals surface area contributed by atoms with E-state index in [0.29, 0.717) is 13.0 Å². The fourth-order valence-corrected chi connectivity index (χ4v) is 4.77. The molecule has 30 heavy (non-hydrogen) atoms. The first-order valence-corrected chi connectivity index (χ1v) is 11.5. The molecule has 0 bridgehead atoms. The Hall–Kier alpha value is -2.18. The highest BCUT2D eigenvalue weighted by atomic mass is 32.1. The molecule has 0 unspecified atom stereocenters. The molecule has 1 aliphatic rings. The maximum atomic E-state index is 13.0. The zero-order valence-corrected chi connectivity index (χ0v) is 19.4. The van der Waals surface area contributed by atoms with E-state index in [2.05, 4.69) is 48.0 Å². The first-order chi connectivity index (χ1) is 14.1. The molecule has 1 saturated heterocycles. The average molecular weight is 428 g/mol. The number of hydrogen-bond donors (Lipinski definition) is 2. The number of rotatable bonds is 5. The monoisotopic (exact) mass is 427 g/mol. The van der Waals surface area contributed by atoms with Crippen LogP contribution in [0.5, 0.6) is 0 Å². The van der Waals surface area contributed by atoms with Gasteiger partial charge < -0.3 is 16.0 Å². The lowest BCUT2D eigenvalue weighted by Gasteiger charge is -2.33. The van der Waals surface area contributed by atoms with Gasteiger partial charge in [0.25, 0.3) is 0 Å². The smallest absolute Gasteiger partial charge is 0.243 e. The Morgan fingerprint density at radius 2 is 1.87 bits per heavy atom. The van der Waals surface area contributed by atoms with Crippen molar-refractivity contribution in [2.24, 2.45) is 11.1 Å². The lowest BCUT2D eigenvalue weighted by molar-refractivity contribution is -0.141. The summed E-state index contributed by atoms with van der Waals surface area (Å²) in [6.07, 6.45) is 1.50. The standard InChI is InChI=1S/C24H33N3O2S/c1-15-12-14-30-20(15)18-10-8-17(9-11-18)16(2)26-22(28)19-7-6-13-27(19)23(29)21(25)24(3,4)5/h8-12,14,16,19,21H,6-7,13,25H2,1-5H3,(H,26,28)/t16-,19-,21+/m0/s1. The predicted molar refractivity (Wildman–Crippen MR) is 123 cm³/mol. The number of benzene rings is 1. The Labute approximate surface area is 183 Å². The number of nitrogens with two attached hydrogens (primary N) is 1. The summed E-state index contributed by atoms with van der Waals surface area (Å²) in [7, 11) is 0. The minimum absolute atomic E-state index is 0.104. The van der Waals surface area contributed by atoms with Crippen LogP contribution in [0.2, 0.25) is 0 Å². The summed E-state index contributed by atoms with van der Waals surface area (Å²) in [5, 5.41) is 5.19. The molecule has 0 aliphatic carbocycles. The normalized spacial score (nSPS) is 18.9. The van der Waals surface area contributed by atoms with E-state index in [0.717, 1.165) is 12.0 Å². The van der Waals surface area contributed by atoms with Crippen LogP contribution < -0.4 is 11.1 Å². The van der Waals surface area contributed by atoms with Crippen LogP contribution in [0.3, 0.4) is 0 Å². The number of amides is 2. The zero-order chi connectivity index (χ0) is 22.1. The third-order valence-corrected chi connectivity index (χ3v) is 7.00. The fourth-order valence-electron chi connectivity index (χ4n) is 3.84. The van der Waals surface area contributed by atoms with Crippen LogP contribution >= 0.6 is 11.3 Å². The summed E-state index contributed by atoms with van der Waals surface area (Å²) >= 11 is 1.73. The zero-order valence-electron chi connectivity index (χ0n) is 18.6. The van der Waals surface area contributed by atoms with E-state index >= 15 is 0 Å². The van der Waals surface area contributed by atoms with Gasteiger partial charge in [0.1, 0.15) is 6.04 Å². The minimum atomic E-state index is -0.614. The van der Waals surface area contributed by atoms with Crippen LogP contribution in [-0.4, -0.2) is 35.3 Å². The second-order valence-electron chi connectivity index (χ2n) is 9.32. The first-order valence-electron chi connectivity index (χ1n) is 10.6. The number of likely N-dealkylation sites (tertiary alicyclic amines) is 1. The molecular weight excluding hydrogens is 394 g/mol. The summed E-state index contributed by atoms with van der Waals surface area (Å²) in [6.45, 7) is 10.5. The van der Waals surface area contributed by atoms with Crippen LogP contribution in [0.4, 0.5) is 0 Å². The van der Waals surface area contributed by atoms with Crippen molar-refractivity contribution in [1.29, 1.82) is 0 Å². The fraction of sp³-hybridized carbons (Fsp3) is 0.500. The Kier molecular flexibility index (Phi) is 6.68. The van der Waals surface area contributed by atoms with Crippen molar-refractivity contribution >= 4 is 23.2 Å². The molecule has 0 saturated carbocycles. The third-order valence-electron chi connectivity index (χ3n) is 5.93. The molecule has 3 N–H and O–H groups in total. The van der Waals surface area contributed by atoms with Crippen molar-refractivity contribution in [2.75, 3.05) is 6.54 Å². The Bertz CT molecular complexity index is 898. The molecule has 162 valence electrons. The van der Waals surface area contributed by atoms with Gasteiger partial charge in [-0.05, 0) is 60.2 Å². The van der Waals surface area contributed by atoms with E-state index in [9.17, 15) is 9.59 Å². The van der Waals surface area contributed by atoms with Gasteiger partial charge in [0, 0.05) is 11.4 Å². The maximum Gasteiger partial charge on any atom is 0.243 e. The predicted octanol–water partition coefficient (Wildman–Crippen LogP) is 4.27. The first kappa shape index (κ1) is 22.5. The van der Waals surface area contributed by atoms with Crippen molar-refractivity contribution in [3.8, 4) is 10.4 Å². The summed E-state index contributed by atoms with van der Waals surface area (Å²) in [4.78, 5) is 28.8. The topological polar surface area (TPSA) is 75.4 Å². The molecule has 2 heterocycles. The molecule has 5 nitrogen and oxygen atoms in total. The number of thiophene rings is 1. The van der Waals surface area contributed by atoms with E-state index in [1.165, 1.54) is 16.0 Å². The van der Waals surface area contributed by atoms with Crippen molar-refractivity contribution in [1.82, 2.24) is 10.2 Å². The van der Waals surface area contributed by atoms with E-state index in [1.54, 1.807) is 16.2 Å². The van der Waals surface area contributed by atoms with E-state index in [-0.39, 0.29) is 23.3 Å². The van der Waals surface area contributed by atoms with Crippen LogP contribution in [0, 0.1) is 12.3 Å². The van der Waals surface area contributed by atoms with Gasteiger partial charge in [-0.1, -0.05) is 45.0 Å². The summed E-state index contributed by atoms with van der Waals surface area (Å²) in [5.74, 6) is -0.240. The molecule has 1 aromatic heterocycles. The molecule has 1 aromatic carbocycles. The maximum absolute atomic E-state index is 13.0. The number of nitrogens with zero attached hydrogens (tertiary/aromatic N) is 1. The number of aryl methyl sites for hydroxylation is 1. The van der Waals surface area contributed by atoms with Gasteiger partial charge in [-0.15, -0.1) is 11.3 Å². The summed E-state index contributed by atoms with van der Waals surface area (Å²) < 4.78 is 0. The summed E-state index contributed by atoms with van der Waals surface area (Å²) in [5.41, 5.74) is 9.34. The third kappa shape index (κ3) is 4.76. The van der Waals surface area contributed by atoms with Crippen LogP contribution in [0.15, 0.2) is 35.7 Å². The Morgan fingerprint density at radius 1 is 1.20 bits per heavy atom. The molecule has 3 atom stereocenters. The highest BCUT2D eigenvalue weighted by molar-refractivity contribution is 7.13. The molecule has 2 aromatic rings. The number of carbonyl (C=O) groups excluding carboxylic acids is 2.